The monoisotopic (exact) mass is 831 g/mol. The molecule has 2 bridgehead atoms. The van der Waals surface area contributed by atoms with Crippen LogP contribution in [0, 0.1) is 0 Å². The quantitative estimate of drug-likeness (QED) is 0.155. The third-order valence-electron chi connectivity index (χ3n) is 13.7. The second-order valence-corrected chi connectivity index (χ2v) is 18.1. The van der Waals surface area contributed by atoms with Gasteiger partial charge in [0.15, 0.2) is 0 Å². The number of hydrogen-bond acceptors (Lipinski definition) is 2. The van der Waals surface area contributed by atoms with Gasteiger partial charge >= 0.3 is 0 Å². The minimum atomic E-state index is 0.0985. The first kappa shape index (κ1) is 36.8. The summed E-state index contributed by atoms with van der Waals surface area (Å²) in [5.41, 5.74) is 22.0. The Labute approximate surface area is 377 Å². The molecule has 0 fully saturated rings. The molecule has 2 heteroatoms. The van der Waals surface area contributed by atoms with Gasteiger partial charge in [-0.3, -0.25) is 0 Å². The summed E-state index contributed by atoms with van der Waals surface area (Å²) in [7, 11) is 0. The van der Waals surface area contributed by atoms with E-state index in [4.69, 9.17) is 0 Å². The predicted molar refractivity (Wildman–Crippen MR) is 271 cm³/mol. The zero-order chi connectivity index (χ0) is 42.1. The summed E-state index contributed by atoms with van der Waals surface area (Å²) >= 11 is 1.94. The molecular weight excluding hydrogens is 791 g/mol. The standard InChI is InChI=1S/C62H41NS/c1-4-19-40(20-5-1)45-27-14-15-36-56(45)63(43-24-8-3-9-25-43)44-26-16-23-42(39-44)46-37-38-52(60-58-50-30-12-10-28-48(50)57(59(46)60)49-29-11-13-31-51(49)58)53-33-18-35-55-54-34-17-32-47(61(54)64-62(53)55)41-21-6-2-7-22-41/h1-39,57-58H. The Kier molecular flexibility index (Phi) is 8.60. The van der Waals surface area contributed by atoms with Gasteiger partial charge in [-0.15, -0.1) is 11.3 Å². The van der Waals surface area contributed by atoms with E-state index in [1.54, 1.807) is 0 Å². The third-order valence-corrected chi connectivity index (χ3v) is 14.9. The fourth-order valence-electron chi connectivity index (χ4n) is 11.0. The average Bonchev–Trinajstić information content (AvgIpc) is 3.77. The molecule has 0 unspecified atom stereocenters. The Morgan fingerprint density at radius 3 is 1.38 bits per heavy atom. The summed E-state index contributed by atoms with van der Waals surface area (Å²) in [6.45, 7) is 0. The highest BCUT2D eigenvalue weighted by atomic mass is 32.1. The van der Waals surface area contributed by atoms with Gasteiger partial charge in [0.25, 0.3) is 0 Å². The van der Waals surface area contributed by atoms with Crippen LogP contribution in [0.25, 0.3) is 64.7 Å². The van der Waals surface area contributed by atoms with Crippen molar-refractivity contribution in [1.82, 2.24) is 0 Å². The number of para-hydroxylation sites is 2. The summed E-state index contributed by atoms with van der Waals surface area (Å²) in [6.07, 6.45) is 0. The lowest BCUT2D eigenvalue weighted by Crippen LogP contribution is -2.28. The number of rotatable bonds is 7. The van der Waals surface area contributed by atoms with Crippen LogP contribution in [0.2, 0.25) is 0 Å². The summed E-state index contributed by atoms with van der Waals surface area (Å²) in [5, 5.41) is 2.64. The van der Waals surface area contributed by atoms with E-state index < -0.39 is 0 Å². The number of nitrogens with zero attached hydrogens (tertiary/aromatic N) is 1. The number of benzene rings is 10. The summed E-state index contributed by atoms with van der Waals surface area (Å²) in [4.78, 5) is 2.43. The first-order valence-corrected chi connectivity index (χ1v) is 23.1. The van der Waals surface area contributed by atoms with Crippen molar-refractivity contribution < 1.29 is 0 Å². The lowest BCUT2D eigenvalue weighted by molar-refractivity contribution is 0.758. The fraction of sp³-hybridized carbons (Fsp3) is 0.0323. The van der Waals surface area contributed by atoms with Gasteiger partial charge in [0.2, 0.25) is 0 Å². The van der Waals surface area contributed by atoms with E-state index in [0.29, 0.717) is 0 Å². The Bertz CT molecular complexity index is 3520. The van der Waals surface area contributed by atoms with Gasteiger partial charge < -0.3 is 4.90 Å². The maximum atomic E-state index is 2.45. The summed E-state index contributed by atoms with van der Waals surface area (Å²) in [6, 6.07) is 87.6. The highest BCUT2D eigenvalue weighted by Crippen LogP contribution is 2.60. The second kappa shape index (κ2) is 14.9. The van der Waals surface area contributed by atoms with Gasteiger partial charge in [-0.05, 0) is 103 Å². The Morgan fingerprint density at radius 1 is 0.297 bits per heavy atom. The van der Waals surface area contributed by atoms with Crippen molar-refractivity contribution in [3.8, 4) is 44.5 Å². The zero-order valence-corrected chi connectivity index (χ0v) is 35.8. The lowest BCUT2D eigenvalue weighted by Gasteiger charge is -2.44. The molecule has 11 aromatic rings. The molecule has 3 aliphatic carbocycles. The SMILES string of the molecule is c1ccc(-c2ccccc2N(c2ccccc2)c2cccc(-c3ccc(-c4cccc5c4sc4c(-c6ccccc6)cccc45)c4c3C3c5ccccc5C4c4ccccc43)c2)cc1. The molecule has 0 aliphatic heterocycles. The molecule has 300 valence electrons. The van der Waals surface area contributed by atoms with Crippen molar-refractivity contribution in [2.24, 2.45) is 0 Å². The van der Waals surface area contributed by atoms with Crippen molar-refractivity contribution in [2.45, 2.75) is 11.8 Å². The Hall–Kier alpha value is -7.78. The van der Waals surface area contributed by atoms with Crippen LogP contribution in [-0.4, -0.2) is 0 Å². The Balaban J connectivity index is 1.05. The van der Waals surface area contributed by atoms with Gasteiger partial charge in [0, 0.05) is 48.9 Å². The Morgan fingerprint density at radius 2 is 0.734 bits per heavy atom. The smallest absolute Gasteiger partial charge is 0.0540 e. The van der Waals surface area contributed by atoms with E-state index in [1.807, 2.05) is 11.3 Å². The molecule has 64 heavy (non-hydrogen) atoms. The van der Waals surface area contributed by atoms with E-state index in [2.05, 4.69) is 241 Å². The van der Waals surface area contributed by atoms with Crippen LogP contribution < -0.4 is 4.90 Å². The lowest BCUT2D eigenvalue weighted by atomic mass is 9.58. The minimum Gasteiger partial charge on any atom is -0.310 e. The molecule has 14 rings (SSSR count). The van der Waals surface area contributed by atoms with Crippen molar-refractivity contribution in [2.75, 3.05) is 4.90 Å². The van der Waals surface area contributed by atoms with Crippen molar-refractivity contribution in [1.29, 1.82) is 0 Å². The van der Waals surface area contributed by atoms with Crippen LogP contribution in [0.15, 0.2) is 237 Å². The molecule has 1 nitrogen and oxygen atoms in total. The average molecular weight is 832 g/mol. The highest BCUT2D eigenvalue weighted by Gasteiger charge is 2.44. The third kappa shape index (κ3) is 5.69. The largest absolute Gasteiger partial charge is 0.310 e. The maximum absolute atomic E-state index is 2.45. The van der Waals surface area contributed by atoms with Gasteiger partial charge in [-0.1, -0.05) is 206 Å². The molecular formula is C62H41NS. The normalized spacial score (nSPS) is 14.6. The van der Waals surface area contributed by atoms with Gasteiger partial charge in [0.05, 0.1) is 5.69 Å². The molecule has 0 saturated heterocycles. The topological polar surface area (TPSA) is 3.24 Å². The second-order valence-electron chi connectivity index (χ2n) is 17.0. The van der Waals surface area contributed by atoms with E-state index in [9.17, 15) is 0 Å². The van der Waals surface area contributed by atoms with E-state index in [1.165, 1.54) is 98.1 Å². The first-order chi connectivity index (χ1) is 31.8. The first-order valence-electron chi connectivity index (χ1n) is 22.2. The van der Waals surface area contributed by atoms with Crippen LogP contribution in [0.3, 0.4) is 0 Å². The van der Waals surface area contributed by atoms with Crippen LogP contribution in [0.1, 0.15) is 45.2 Å². The number of fused-ring (bicyclic) bond motifs is 3. The van der Waals surface area contributed by atoms with Crippen molar-refractivity contribution in [3.05, 3.63) is 270 Å². The molecule has 3 aliphatic rings. The van der Waals surface area contributed by atoms with E-state index >= 15 is 0 Å². The molecule has 1 aromatic heterocycles. The van der Waals surface area contributed by atoms with E-state index in [0.717, 1.165) is 17.1 Å². The minimum absolute atomic E-state index is 0.0985. The molecule has 0 spiro atoms. The molecule has 0 saturated carbocycles. The predicted octanol–water partition coefficient (Wildman–Crippen LogP) is 17.2. The van der Waals surface area contributed by atoms with Crippen molar-refractivity contribution >= 4 is 48.6 Å². The van der Waals surface area contributed by atoms with E-state index in [-0.39, 0.29) is 11.8 Å². The van der Waals surface area contributed by atoms with Gasteiger partial charge in [0.1, 0.15) is 0 Å². The summed E-state index contributed by atoms with van der Waals surface area (Å²) in [5.74, 6) is 0.204. The molecule has 10 aromatic carbocycles. The maximum Gasteiger partial charge on any atom is 0.0540 e. The fourth-order valence-corrected chi connectivity index (χ4v) is 12.4. The van der Waals surface area contributed by atoms with Crippen LogP contribution in [0.4, 0.5) is 17.1 Å². The van der Waals surface area contributed by atoms with Crippen LogP contribution in [-0.2, 0) is 0 Å². The van der Waals surface area contributed by atoms with Gasteiger partial charge in [-0.25, -0.2) is 0 Å². The number of thiophene rings is 1. The molecule has 0 radical (unpaired) electrons. The van der Waals surface area contributed by atoms with Gasteiger partial charge in [-0.2, -0.15) is 0 Å². The van der Waals surface area contributed by atoms with Crippen LogP contribution >= 0.6 is 11.3 Å². The number of anilines is 3. The zero-order valence-electron chi connectivity index (χ0n) is 35.0. The van der Waals surface area contributed by atoms with Crippen molar-refractivity contribution in [3.63, 3.8) is 0 Å². The molecule has 0 N–H and O–H groups in total. The molecule has 0 atom stereocenters. The molecule has 1 heterocycles. The molecule has 0 amide bonds. The number of hydrogen-bond donors (Lipinski definition) is 0. The van der Waals surface area contributed by atoms with Crippen LogP contribution in [0.5, 0.6) is 0 Å². The summed E-state index contributed by atoms with van der Waals surface area (Å²) < 4.78 is 2.68. The highest BCUT2D eigenvalue weighted by molar-refractivity contribution is 7.26.